The van der Waals surface area contributed by atoms with Crippen molar-refractivity contribution in [2.75, 3.05) is 25.5 Å². The zero-order valence-electron chi connectivity index (χ0n) is 14.0. The number of nitrogens with one attached hydrogen (secondary N) is 1. The fourth-order valence-corrected chi connectivity index (χ4v) is 2.41. The van der Waals surface area contributed by atoms with Crippen molar-refractivity contribution in [2.45, 2.75) is 19.3 Å². The van der Waals surface area contributed by atoms with Crippen molar-refractivity contribution in [3.63, 3.8) is 0 Å². The second kappa shape index (κ2) is 8.96. The molecule has 1 aromatic carbocycles. The molecular formula is C18H21FN2O4. The summed E-state index contributed by atoms with van der Waals surface area (Å²) >= 11 is 0. The highest BCUT2D eigenvalue weighted by atomic mass is 19.1. The van der Waals surface area contributed by atoms with Crippen molar-refractivity contribution in [1.82, 2.24) is 4.90 Å². The molecule has 0 aromatic heterocycles. The first kappa shape index (κ1) is 18.6. The van der Waals surface area contributed by atoms with Gasteiger partial charge in [0.25, 0.3) is 5.91 Å². The SMILES string of the molecule is CN(CC(=O)Nc1ccc(F)cc1)C(=O)COC(=O)C1CC=CCC1. The number of hydrogen-bond donors (Lipinski definition) is 1. The first-order valence-corrected chi connectivity index (χ1v) is 8.06. The van der Waals surface area contributed by atoms with Gasteiger partial charge >= 0.3 is 5.97 Å². The van der Waals surface area contributed by atoms with E-state index in [-0.39, 0.29) is 25.0 Å². The molecule has 0 saturated carbocycles. The Bertz CT molecular complexity index is 658. The van der Waals surface area contributed by atoms with E-state index in [0.29, 0.717) is 12.1 Å². The molecular weight excluding hydrogens is 327 g/mol. The van der Waals surface area contributed by atoms with Gasteiger partial charge in [-0.2, -0.15) is 0 Å². The molecule has 6 nitrogen and oxygen atoms in total. The third-order valence-corrected chi connectivity index (χ3v) is 3.87. The highest BCUT2D eigenvalue weighted by Gasteiger charge is 2.22. The monoisotopic (exact) mass is 348 g/mol. The summed E-state index contributed by atoms with van der Waals surface area (Å²) in [6.45, 7) is -0.584. The number of halogens is 1. The molecule has 0 saturated heterocycles. The predicted octanol–water partition coefficient (Wildman–Crippen LogP) is 2.12. The number of hydrogen-bond acceptors (Lipinski definition) is 4. The Morgan fingerprint density at radius 1 is 1.24 bits per heavy atom. The molecule has 25 heavy (non-hydrogen) atoms. The fourth-order valence-electron chi connectivity index (χ4n) is 2.41. The molecule has 1 aromatic rings. The zero-order valence-corrected chi connectivity index (χ0v) is 14.0. The Labute approximate surface area is 145 Å². The van der Waals surface area contributed by atoms with Gasteiger partial charge in [0.2, 0.25) is 5.91 Å². The number of rotatable bonds is 6. The summed E-state index contributed by atoms with van der Waals surface area (Å²) in [6.07, 6.45) is 6.13. The Morgan fingerprint density at radius 3 is 2.60 bits per heavy atom. The Balaban J connectivity index is 1.73. The van der Waals surface area contributed by atoms with Crippen molar-refractivity contribution in [1.29, 1.82) is 0 Å². The number of carbonyl (C=O) groups is 3. The first-order chi connectivity index (χ1) is 12.0. The maximum absolute atomic E-state index is 12.8. The third-order valence-electron chi connectivity index (χ3n) is 3.87. The molecule has 1 atom stereocenters. The lowest BCUT2D eigenvalue weighted by molar-refractivity contribution is -0.155. The average molecular weight is 348 g/mol. The predicted molar refractivity (Wildman–Crippen MR) is 90.1 cm³/mol. The second-order valence-corrected chi connectivity index (χ2v) is 5.89. The van der Waals surface area contributed by atoms with E-state index < -0.39 is 17.6 Å². The summed E-state index contributed by atoms with van der Waals surface area (Å²) in [7, 11) is 1.45. The number of nitrogens with zero attached hydrogens (tertiary/aromatic N) is 1. The molecule has 1 N–H and O–H groups in total. The van der Waals surface area contributed by atoms with Crippen LogP contribution in [0, 0.1) is 11.7 Å². The molecule has 1 aliphatic carbocycles. The van der Waals surface area contributed by atoms with E-state index in [1.807, 2.05) is 12.2 Å². The van der Waals surface area contributed by atoms with Gasteiger partial charge in [-0.3, -0.25) is 14.4 Å². The van der Waals surface area contributed by atoms with Crippen LogP contribution < -0.4 is 5.32 Å². The maximum Gasteiger partial charge on any atom is 0.309 e. The summed E-state index contributed by atoms with van der Waals surface area (Å²) in [6, 6.07) is 5.31. The van der Waals surface area contributed by atoms with Crippen LogP contribution >= 0.6 is 0 Å². The van der Waals surface area contributed by atoms with Crippen molar-refractivity contribution >= 4 is 23.5 Å². The van der Waals surface area contributed by atoms with Crippen molar-refractivity contribution in [3.8, 4) is 0 Å². The summed E-state index contributed by atoms with van der Waals surface area (Å²) in [5.74, 6) is -1.88. The van der Waals surface area contributed by atoms with Gasteiger partial charge in [0.15, 0.2) is 6.61 Å². The molecule has 1 aliphatic rings. The van der Waals surface area contributed by atoms with E-state index in [1.54, 1.807) is 0 Å². The van der Waals surface area contributed by atoms with Gasteiger partial charge in [-0.15, -0.1) is 0 Å². The highest BCUT2D eigenvalue weighted by molar-refractivity contribution is 5.94. The number of amides is 2. The van der Waals surface area contributed by atoms with Crippen molar-refractivity contribution in [3.05, 3.63) is 42.2 Å². The fraction of sp³-hybridized carbons (Fsp3) is 0.389. The van der Waals surface area contributed by atoms with Gasteiger partial charge in [-0.25, -0.2) is 4.39 Å². The normalized spacial score (nSPS) is 16.2. The summed E-state index contributed by atoms with van der Waals surface area (Å²) in [4.78, 5) is 36.9. The van der Waals surface area contributed by atoms with E-state index in [4.69, 9.17) is 4.74 Å². The van der Waals surface area contributed by atoms with Crippen LogP contribution in [0.2, 0.25) is 0 Å². The molecule has 0 heterocycles. The molecule has 0 bridgehead atoms. The average Bonchev–Trinajstić information content (AvgIpc) is 2.62. The molecule has 0 aliphatic heterocycles. The molecule has 7 heteroatoms. The van der Waals surface area contributed by atoms with Gasteiger partial charge < -0.3 is 15.0 Å². The number of ether oxygens (including phenoxy) is 1. The van der Waals surface area contributed by atoms with E-state index in [0.717, 1.165) is 12.8 Å². The van der Waals surface area contributed by atoms with Crippen LogP contribution in [0.5, 0.6) is 0 Å². The summed E-state index contributed by atoms with van der Waals surface area (Å²) < 4.78 is 17.9. The maximum atomic E-state index is 12.8. The van der Waals surface area contributed by atoms with Crippen LogP contribution in [0.4, 0.5) is 10.1 Å². The Kier molecular flexibility index (Phi) is 6.68. The number of carbonyl (C=O) groups excluding carboxylic acids is 3. The van der Waals surface area contributed by atoms with Crippen LogP contribution in [0.15, 0.2) is 36.4 Å². The number of esters is 1. The molecule has 1 unspecified atom stereocenters. The van der Waals surface area contributed by atoms with Crippen LogP contribution in [0.25, 0.3) is 0 Å². The van der Waals surface area contributed by atoms with Crippen LogP contribution in [-0.2, 0) is 19.1 Å². The van der Waals surface area contributed by atoms with Gasteiger partial charge in [0, 0.05) is 12.7 Å². The number of allylic oxidation sites excluding steroid dienone is 2. The molecule has 134 valence electrons. The zero-order chi connectivity index (χ0) is 18.2. The molecule has 0 radical (unpaired) electrons. The van der Waals surface area contributed by atoms with Crippen molar-refractivity contribution in [2.24, 2.45) is 5.92 Å². The minimum absolute atomic E-state index is 0.195. The minimum atomic E-state index is -0.464. The lowest BCUT2D eigenvalue weighted by Gasteiger charge is -2.19. The van der Waals surface area contributed by atoms with Crippen LogP contribution in [-0.4, -0.2) is 42.9 Å². The second-order valence-electron chi connectivity index (χ2n) is 5.89. The van der Waals surface area contributed by atoms with E-state index >= 15 is 0 Å². The standard InChI is InChI=1S/C18H21FN2O4/c1-21(11-16(22)20-15-9-7-14(19)8-10-15)17(23)12-25-18(24)13-5-3-2-4-6-13/h2-3,7-10,13H,4-6,11-12H2,1H3,(H,20,22). The molecule has 0 fully saturated rings. The first-order valence-electron chi connectivity index (χ1n) is 8.06. The largest absolute Gasteiger partial charge is 0.455 e. The van der Waals surface area contributed by atoms with Crippen LogP contribution in [0.1, 0.15) is 19.3 Å². The van der Waals surface area contributed by atoms with E-state index in [2.05, 4.69) is 5.32 Å². The Morgan fingerprint density at radius 2 is 1.96 bits per heavy atom. The summed E-state index contributed by atoms with van der Waals surface area (Å²) in [5, 5.41) is 2.56. The molecule has 2 amide bonds. The number of benzene rings is 1. The van der Waals surface area contributed by atoms with E-state index in [9.17, 15) is 18.8 Å². The molecule has 2 rings (SSSR count). The lowest BCUT2D eigenvalue weighted by Crippen LogP contribution is -2.38. The highest BCUT2D eigenvalue weighted by Crippen LogP contribution is 2.19. The quantitative estimate of drug-likeness (QED) is 0.631. The summed E-state index contributed by atoms with van der Waals surface area (Å²) in [5.41, 5.74) is 0.434. The van der Waals surface area contributed by atoms with Gasteiger partial charge in [-0.05, 0) is 43.5 Å². The van der Waals surface area contributed by atoms with Gasteiger partial charge in [0.1, 0.15) is 5.82 Å². The van der Waals surface area contributed by atoms with Crippen LogP contribution in [0.3, 0.4) is 0 Å². The molecule has 0 spiro atoms. The number of likely N-dealkylation sites (N-methyl/N-ethyl adjacent to an activating group) is 1. The lowest BCUT2D eigenvalue weighted by atomic mass is 9.95. The van der Waals surface area contributed by atoms with Gasteiger partial charge in [-0.1, -0.05) is 12.2 Å². The van der Waals surface area contributed by atoms with E-state index in [1.165, 1.54) is 36.2 Å². The topological polar surface area (TPSA) is 75.7 Å². The third kappa shape index (κ3) is 6.02. The minimum Gasteiger partial charge on any atom is -0.455 e. The van der Waals surface area contributed by atoms with Crippen molar-refractivity contribution < 1.29 is 23.5 Å². The number of anilines is 1. The smallest absolute Gasteiger partial charge is 0.309 e. The Hall–Kier alpha value is -2.70. The van der Waals surface area contributed by atoms with Gasteiger partial charge in [0.05, 0.1) is 12.5 Å².